The maximum atomic E-state index is 12.1. The monoisotopic (exact) mass is 387 g/mol. The zero-order valence-corrected chi connectivity index (χ0v) is 15.5. The van der Waals surface area contributed by atoms with Crippen LogP contribution in [0.15, 0.2) is 59.5 Å². The molecule has 0 heterocycles. The van der Waals surface area contributed by atoms with Gasteiger partial charge in [-0.3, -0.25) is 9.59 Å². The molecule has 142 valence electrons. The topological polar surface area (TPSA) is 104 Å². The summed E-state index contributed by atoms with van der Waals surface area (Å²) in [6, 6.07) is 14.6. The van der Waals surface area contributed by atoms with Gasteiger partial charge in [0.2, 0.25) is 15.9 Å². The third-order valence-corrected chi connectivity index (χ3v) is 5.60. The molecule has 1 aliphatic rings. The molecule has 0 unspecified atom stereocenters. The predicted octanol–water partition coefficient (Wildman–Crippen LogP) is 1.74. The highest BCUT2D eigenvalue weighted by atomic mass is 32.2. The highest BCUT2D eigenvalue weighted by molar-refractivity contribution is 7.89. The molecule has 2 amide bonds. The van der Waals surface area contributed by atoms with Gasteiger partial charge in [0.25, 0.3) is 5.91 Å². The molecule has 2 aromatic carbocycles. The smallest absolute Gasteiger partial charge is 0.251 e. The second-order valence-electron chi connectivity index (χ2n) is 6.31. The SMILES string of the molecule is O=C(NCCNS(=O)(=O)c1ccccc1)c1ccc(NC(=O)C2CC2)cc1. The molecule has 1 aliphatic carbocycles. The molecule has 8 heteroatoms. The molecule has 1 saturated carbocycles. The van der Waals surface area contributed by atoms with Crippen LogP contribution in [0.4, 0.5) is 5.69 Å². The van der Waals surface area contributed by atoms with E-state index in [0.717, 1.165) is 12.8 Å². The number of nitrogens with one attached hydrogen (secondary N) is 3. The molecule has 27 heavy (non-hydrogen) atoms. The van der Waals surface area contributed by atoms with Crippen LogP contribution in [0.3, 0.4) is 0 Å². The van der Waals surface area contributed by atoms with Crippen LogP contribution in [0.25, 0.3) is 0 Å². The van der Waals surface area contributed by atoms with E-state index in [-0.39, 0.29) is 35.7 Å². The maximum Gasteiger partial charge on any atom is 0.251 e. The number of rotatable bonds is 8. The quantitative estimate of drug-likeness (QED) is 0.600. The Labute approximate surface area is 158 Å². The third-order valence-electron chi connectivity index (χ3n) is 4.12. The van der Waals surface area contributed by atoms with Gasteiger partial charge >= 0.3 is 0 Å². The standard InChI is InChI=1S/C19H21N3O4S/c23-18(14-8-10-16(11-9-14)22-19(24)15-6-7-15)20-12-13-21-27(25,26)17-4-2-1-3-5-17/h1-5,8-11,15,21H,6-7,12-13H2,(H,20,23)(H,22,24). The van der Waals surface area contributed by atoms with E-state index in [2.05, 4.69) is 15.4 Å². The Hall–Kier alpha value is -2.71. The van der Waals surface area contributed by atoms with Crippen LogP contribution in [0.2, 0.25) is 0 Å². The van der Waals surface area contributed by atoms with E-state index in [4.69, 9.17) is 0 Å². The third kappa shape index (κ3) is 5.38. The summed E-state index contributed by atoms with van der Waals surface area (Å²) in [4.78, 5) is 24.0. The molecule has 0 aromatic heterocycles. The number of carbonyl (C=O) groups excluding carboxylic acids is 2. The van der Waals surface area contributed by atoms with Gasteiger partial charge in [0.05, 0.1) is 4.90 Å². The Morgan fingerprint density at radius 1 is 0.926 bits per heavy atom. The van der Waals surface area contributed by atoms with Gasteiger partial charge in [0.15, 0.2) is 0 Å². The number of carbonyl (C=O) groups is 2. The van der Waals surface area contributed by atoms with Gasteiger partial charge in [-0.15, -0.1) is 0 Å². The van der Waals surface area contributed by atoms with Crippen LogP contribution >= 0.6 is 0 Å². The first-order valence-corrected chi connectivity index (χ1v) is 10.2. The molecular formula is C19H21N3O4S. The number of hydrogen-bond acceptors (Lipinski definition) is 4. The number of sulfonamides is 1. The van der Waals surface area contributed by atoms with Gasteiger partial charge < -0.3 is 10.6 Å². The summed E-state index contributed by atoms with van der Waals surface area (Å²) in [6.07, 6.45) is 1.86. The highest BCUT2D eigenvalue weighted by Gasteiger charge is 2.29. The molecule has 0 saturated heterocycles. The van der Waals surface area contributed by atoms with E-state index in [1.54, 1.807) is 42.5 Å². The molecule has 0 atom stereocenters. The number of hydrogen-bond donors (Lipinski definition) is 3. The minimum absolute atomic E-state index is 0.0119. The lowest BCUT2D eigenvalue weighted by atomic mass is 10.2. The molecule has 0 bridgehead atoms. The molecule has 0 radical (unpaired) electrons. The molecule has 0 spiro atoms. The molecule has 1 fully saturated rings. The molecule has 2 aromatic rings. The Kier molecular flexibility index (Phi) is 5.88. The summed E-state index contributed by atoms with van der Waals surface area (Å²) in [7, 11) is -3.58. The van der Waals surface area contributed by atoms with Crippen molar-refractivity contribution in [2.45, 2.75) is 17.7 Å². The fraction of sp³-hybridized carbons (Fsp3) is 0.263. The van der Waals surface area contributed by atoms with E-state index in [9.17, 15) is 18.0 Å². The average Bonchev–Trinajstić information content (AvgIpc) is 3.52. The number of benzene rings is 2. The summed E-state index contributed by atoms with van der Waals surface area (Å²) in [5.74, 6) is -0.181. The van der Waals surface area contributed by atoms with Gasteiger partial charge in [-0.05, 0) is 49.2 Å². The van der Waals surface area contributed by atoms with Crippen molar-refractivity contribution in [3.63, 3.8) is 0 Å². The summed E-state index contributed by atoms with van der Waals surface area (Å²) >= 11 is 0. The fourth-order valence-electron chi connectivity index (χ4n) is 2.44. The zero-order valence-electron chi connectivity index (χ0n) is 14.6. The van der Waals surface area contributed by atoms with E-state index >= 15 is 0 Å². The van der Waals surface area contributed by atoms with Crippen molar-refractivity contribution in [1.29, 1.82) is 0 Å². The summed E-state index contributed by atoms with van der Waals surface area (Å²) < 4.78 is 26.6. The first kappa shape index (κ1) is 19.1. The van der Waals surface area contributed by atoms with Gasteiger partial charge in [-0.25, -0.2) is 13.1 Å². The fourth-order valence-corrected chi connectivity index (χ4v) is 3.49. The maximum absolute atomic E-state index is 12.1. The van der Waals surface area contributed by atoms with Crippen LogP contribution in [0, 0.1) is 5.92 Å². The Balaban J connectivity index is 1.44. The summed E-state index contributed by atoms with van der Waals surface area (Å²) in [5.41, 5.74) is 1.09. The van der Waals surface area contributed by atoms with Gasteiger partial charge in [0, 0.05) is 30.3 Å². The van der Waals surface area contributed by atoms with Crippen molar-refractivity contribution in [1.82, 2.24) is 10.0 Å². The van der Waals surface area contributed by atoms with E-state index in [1.807, 2.05) is 0 Å². The lowest BCUT2D eigenvalue weighted by molar-refractivity contribution is -0.117. The first-order valence-electron chi connectivity index (χ1n) is 8.69. The van der Waals surface area contributed by atoms with Crippen molar-refractivity contribution in [3.8, 4) is 0 Å². The van der Waals surface area contributed by atoms with Crippen molar-refractivity contribution in [3.05, 3.63) is 60.2 Å². The highest BCUT2D eigenvalue weighted by Crippen LogP contribution is 2.30. The molecule has 3 rings (SSSR count). The van der Waals surface area contributed by atoms with Crippen LogP contribution in [0.1, 0.15) is 23.2 Å². The van der Waals surface area contributed by atoms with Crippen molar-refractivity contribution < 1.29 is 18.0 Å². The minimum atomic E-state index is -3.58. The van der Waals surface area contributed by atoms with E-state index in [0.29, 0.717) is 11.3 Å². The number of anilines is 1. The summed E-state index contributed by atoms with van der Waals surface area (Å²) in [6.45, 7) is 0.240. The molecule has 0 aliphatic heterocycles. The Morgan fingerprint density at radius 3 is 2.22 bits per heavy atom. The average molecular weight is 387 g/mol. The molecule has 3 N–H and O–H groups in total. The van der Waals surface area contributed by atoms with Crippen LogP contribution in [-0.4, -0.2) is 33.3 Å². The van der Waals surface area contributed by atoms with Gasteiger partial charge in [-0.2, -0.15) is 0 Å². The normalized spacial score (nSPS) is 13.8. The summed E-state index contributed by atoms with van der Waals surface area (Å²) in [5, 5.41) is 5.47. The van der Waals surface area contributed by atoms with Crippen molar-refractivity contribution in [2.75, 3.05) is 18.4 Å². The van der Waals surface area contributed by atoms with Crippen molar-refractivity contribution in [2.24, 2.45) is 5.92 Å². The van der Waals surface area contributed by atoms with Crippen LogP contribution < -0.4 is 15.4 Å². The van der Waals surface area contributed by atoms with Crippen molar-refractivity contribution >= 4 is 27.5 Å². The number of amides is 2. The predicted molar refractivity (Wildman–Crippen MR) is 102 cm³/mol. The Morgan fingerprint density at radius 2 is 1.59 bits per heavy atom. The van der Waals surface area contributed by atoms with Crippen LogP contribution in [0.5, 0.6) is 0 Å². The minimum Gasteiger partial charge on any atom is -0.351 e. The lowest BCUT2D eigenvalue weighted by Gasteiger charge is -2.09. The van der Waals surface area contributed by atoms with Crippen LogP contribution in [-0.2, 0) is 14.8 Å². The van der Waals surface area contributed by atoms with E-state index in [1.165, 1.54) is 12.1 Å². The van der Waals surface area contributed by atoms with Gasteiger partial charge in [-0.1, -0.05) is 18.2 Å². The molecular weight excluding hydrogens is 366 g/mol. The van der Waals surface area contributed by atoms with E-state index < -0.39 is 10.0 Å². The second kappa shape index (κ2) is 8.32. The second-order valence-corrected chi connectivity index (χ2v) is 8.07. The van der Waals surface area contributed by atoms with Gasteiger partial charge in [0.1, 0.15) is 0 Å². The lowest BCUT2D eigenvalue weighted by Crippen LogP contribution is -2.34. The Bertz CT molecular complexity index is 908. The molecule has 7 nitrogen and oxygen atoms in total. The zero-order chi connectivity index (χ0) is 19.3. The first-order chi connectivity index (χ1) is 13.0. The largest absolute Gasteiger partial charge is 0.351 e.